The van der Waals surface area contributed by atoms with Crippen LogP contribution in [0.4, 0.5) is 0 Å². The van der Waals surface area contributed by atoms with E-state index < -0.39 is 0 Å². The molecule has 0 saturated carbocycles. The maximum atomic E-state index is 10.6. The first-order valence-corrected chi connectivity index (χ1v) is 12.0. The van der Waals surface area contributed by atoms with Gasteiger partial charge in [-0.25, -0.2) is 0 Å². The molecule has 3 aromatic carbocycles. The van der Waals surface area contributed by atoms with Crippen molar-refractivity contribution in [2.75, 3.05) is 39.3 Å². The van der Waals surface area contributed by atoms with Crippen molar-refractivity contribution in [3.05, 3.63) is 101 Å². The molecule has 4 rings (SSSR count). The van der Waals surface area contributed by atoms with Crippen LogP contribution in [0.1, 0.15) is 34.7 Å². The fourth-order valence-corrected chi connectivity index (χ4v) is 4.59. The highest BCUT2D eigenvalue weighted by atomic mass is 16.5. The molecule has 1 fully saturated rings. The minimum atomic E-state index is -0.373. The summed E-state index contributed by atoms with van der Waals surface area (Å²) in [5.41, 5.74) is 5.17. The highest BCUT2D eigenvalue weighted by molar-refractivity contribution is 5.34. The van der Waals surface area contributed by atoms with E-state index >= 15 is 0 Å². The summed E-state index contributed by atoms with van der Waals surface area (Å²) in [6.07, 6.45) is 0.270. The number of benzene rings is 3. The molecular weight excluding hydrogens is 408 g/mol. The van der Waals surface area contributed by atoms with Gasteiger partial charge in [-0.3, -0.25) is 9.80 Å². The van der Waals surface area contributed by atoms with Crippen molar-refractivity contribution in [2.45, 2.75) is 32.4 Å². The second-order valence-electron chi connectivity index (χ2n) is 9.10. The van der Waals surface area contributed by atoms with Gasteiger partial charge in [0.2, 0.25) is 0 Å². The van der Waals surface area contributed by atoms with Gasteiger partial charge in [0.15, 0.2) is 0 Å². The number of hydrogen-bond donors (Lipinski definition) is 1. The van der Waals surface area contributed by atoms with Gasteiger partial charge in [0, 0.05) is 39.1 Å². The Hall–Kier alpha value is -2.66. The number of ether oxygens (including phenoxy) is 1. The Morgan fingerprint density at radius 2 is 1.39 bits per heavy atom. The van der Waals surface area contributed by atoms with Crippen molar-refractivity contribution >= 4 is 0 Å². The summed E-state index contributed by atoms with van der Waals surface area (Å²) >= 11 is 0. The van der Waals surface area contributed by atoms with E-state index in [1.807, 2.05) is 6.07 Å². The molecule has 0 radical (unpaired) electrons. The summed E-state index contributed by atoms with van der Waals surface area (Å²) in [4.78, 5) is 4.95. The summed E-state index contributed by atoms with van der Waals surface area (Å²) < 4.78 is 5.86. The summed E-state index contributed by atoms with van der Waals surface area (Å²) in [6, 6.07) is 28.0. The molecule has 3 aromatic rings. The number of rotatable bonds is 9. The molecule has 174 valence electrons. The van der Waals surface area contributed by atoms with E-state index in [2.05, 4.69) is 96.4 Å². The standard InChI is InChI=1S/C29H36N2O2/c1-23-13-14-28(21-24(23)2)33-20-15-27(32)22-30-16-18-31(19-17-30)29(25-9-5-3-6-10-25)26-11-7-4-8-12-26/h3-14,21,27,29,32H,15-20,22H2,1-2H3/t27-/m1/s1. The van der Waals surface area contributed by atoms with Crippen LogP contribution in [0.25, 0.3) is 0 Å². The van der Waals surface area contributed by atoms with E-state index in [0.717, 1.165) is 31.9 Å². The van der Waals surface area contributed by atoms with Crippen molar-refractivity contribution in [1.29, 1.82) is 0 Å². The Kier molecular flexibility index (Phi) is 8.16. The monoisotopic (exact) mass is 444 g/mol. The van der Waals surface area contributed by atoms with Crippen LogP contribution in [0.15, 0.2) is 78.9 Å². The Morgan fingerprint density at radius 3 is 1.97 bits per heavy atom. The van der Waals surface area contributed by atoms with Crippen molar-refractivity contribution < 1.29 is 9.84 Å². The lowest BCUT2D eigenvalue weighted by atomic mass is 9.96. The third-order valence-corrected chi connectivity index (χ3v) is 6.67. The Morgan fingerprint density at radius 1 is 0.788 bits per heavy atom. The Labute approximate surface area is 198 Å². The molecular formula is C29H36N2O2. The SMILES string of the molecule is Cc1ccc(OCC[C@@H](O)CN2CCN(C(c3ccccc3)c3ccccc3)CC2)cc1C. The maximum absolute atomic E-state index is 10.6. The van der Waals surface area contributed by atoms with E-state index in [4.69, 9.17) is 4.74 Å². The number of aliphatic hydroxyl groups is 1. The first-order chi connectivity index (χ1) is 16.1. The molecule has 0 aliphatic carbocycles. The summed E-state index contributed by atoms with van der Waals surface area (Å²) in [5, 5.41) is 10.6. The lowest BCUT2D eigenvalue weighted by molar-refractivity contribution is 0.0531. The first kappa shape index (κ1) is 23.5. The minimum absolute atomic E-state index is 0.269. The zero-order valence-electron chi connectivity index (χ0n) is 19.9. The van der Waals surface area contributed by atoms with Crippen LogP contribution < -0.4 is 4.74 Å². The fourth-order valence-electron chi connectivity index (χ4n) is 4.59. The molecule has 1 N–H and O–H groups in total. The molecule has 33 heavy (non-hydrogen) atoms. The van der Waals surface area contributed by atoms with Gasteiger partial charge in [0.05, 0.1) is 18.8 Å². The Balaban J connectivity index is 1.27. The van der Waals surface area contributed by atoms with Crippen LogP contribution in [-0.2, 0) is 0 Å². The maximum Gasteiger partial charge on any atom is 0.119 e. The number of aliphatic hydroxyl groups excluding tert-OH is 1. The summed E-state index contributed by atoms with van der Waals surface area (Å²) in [6.45, 7) is 9.33. The lowest BCUT2D eigenvalue weighted by Gasteiger charge is -2.40. The predicted octanol–water partition coefficient (Wildman–Crippen LogP) is 4.84. The number of hydrogen-bond acceptors (Lipinski definition) is 4. The minimum Gasteiger partial charge on any atom is -0.493 e. The fraction of sp³-hybridized carbons (Fsp3) is 0.379. The number of aryl methyl sites for hydroxylation is 2. The van der Waals surface area contributed by atoms with E-state index in [1.54, 1.807) is 0 Å². The zero-order chi connectivity index (χ0) is 23.0. The molecule has 0 bridgehead atoms. The van der Waals surface area contributed by atoms with Crippen molar-refractivity contribution in [3.8, 4) is 5.75 Å². The average Bonchev–Trinajstić information content (AvgIpc) is 2.84. The van der Waals surface area contributed by atoms with Crippen molar-refractivity contribution in [2.24, 2.45) is 0 Å². The predicted molar refractivity (Wildman–Crippen MR) is 135 cm³/mol. The van der Waals surface area contributed by atoms with Gasteiger partial charge < -0.3 is 9.84 Å². The molecule has 0 amide bonds. The molecule has 1 aliphatic heterocycles. The molecule has 4 nitrogen and oxygen atoms in total. The lowest BCUT2D eigenvalue weighted by Crippen LogP contribution is -2.49. The molecule has 1 atom stereocenters. The van der Waals surface area contributed by atoms with Crippen LogP contribution >= 0.6 is 0 Å². The average molecular weight is 445 g/mol. The zero-order valence-corrected chi connectivity index (χ0v) is 19.9. The van der Waals surface area contributed by atoms with Gasteiger partial charge in [-0.2, -0.15) is 0 Å². The van der Waals surface area contributed by atoms with Crippen LogP contribution in [0.3, 0.4) is 0 Å². The normalized spacial score (nSPS) is 16.1. The van der Waals surface area contributed by atoms with Gasteiger partial charge in [-0.1, -0.05) is 66.7 Å². The number of β-amino-alcohol motifs (C(OH)–C–C–N with tert-alkyl or cyclic N) is 1. The topological polar surface area (TPSA) is 35.9 Å². The van der Waals surface area contributed by atoms with Gasteiger partial charge >= 0.3 is 0 Å². The van der Waals surface area contributed by atoms with Crippen LogP contribution in [0.5, 0.6) is 5.75 Å². The van der Waals surface area contributed by atoms with E-state index in [-0.39, 0.29) is 12.1 Å². The number of nitrogens with zero attached hydrogens (tertiary/aromatic N) is 2. The molecule has 0 aromatic heterocycles. The van der Waals surface area contributed by atoms with Gasteiger partial charge in [0.25, 0.3) is 0 Å². The van der Waals surface area contributed by atoms with Gasteiger partial charge in [-0.05, 0) is 48.2 Å². The highest BCUT2D eigenvalue weighted by Gasteiger charge is 2.27. The van der Waals surface area contributed by atoms with Crippen LogP contribution in [0.2, 0.25) is 0 Å². The molecule has 1 aliphatic rings. The summed E-state index contributed by atoms with van der Waals surface area (Å²) in [5.74, 6) is 0.881. The molecule has 1 saturated heterocycles. The second kappa shape index (κ2) is 11.5. The third-order valence-electron chi connectivity index (χ3n) is 6.67. The number of piperazine rings is 1. The molecule has 1 heterocycles. The second-order valence-corrected chi connectivity index (χ2v) is 9.10. The molecule has 0 spiro atoms. The quantitative estimate of drug-likeness (QED) is 0.512. The Bertz CT molecular complexity index is 946. The van der Waals surface area contributed by atoms with Crippen molar-refractivity contribution in [1.82, 2.24) is 9.80 Å². The van der Waals surface area contributed by atoms with Crippen molar-refractivity contribution in [3.63, 3.8) is 0 Å². The third kappa shape index (κ3) is 6.44. The van der Waals surface area contributed by atoms with Crippen LogP contribution in [-0.4, -0.2) is 60.3 Å². The van der Waals surface area contributed by atoms with Gasteiger partial charge in [-0.15, -0.1) is 0 Å². The largest absolute Gasteiger partial charge is 0.493 e. The van der Waals surface area contributed by atoms with Gasteiger partial charge in [0.1, 0.15) is 5.75 Å². The first-order valence-electron chi connectivity index (χ1n) is 12.0. The van der Waals surface area contributed by atoms with Crippen LogP contribution in [0, 0.1) is 13.8 Å². The smallest absolute Gasteiger partial charge is 0.119 e. The highest BCUT2D eigenvalue weighted by Crippen LogP contribution is 2.29. The van der Waals surface area contributed by atoms with E-state index in [0.29, 0.717) is 19.6 Å². The molecule has 0 unspecified atom stereocenters. The molecule has 4 heteroatoms. The van der Waals surface area contributed by atoms with E-state index in [9.17, 15) is 5.11 Å². The van der Waals surface area contributed by atoms with E-state index in [1.165, 1.54) is 22.3 Å². The summed E-state index contributed by atoms with van der Waals surface area (Å²) in [7, 11) is 0.